The second-order valence-electron chi connectivity index (χ2n) is 5.71. The van der Waals surface area contributed by atoms with Gasteiger partial charge in [-0.25, -0.2) is 13.4 Å². The molecule has 0 saturated carbocycles. The Balaban J connectivity index is 1.51. The van der Waals surface area contributed by atoms with Gasteiger partial charge in [-0.3, -0.25) is 4.90 Å². The molecule has 7 heteroatoms. The summed E-state index contributed by atoms with van der Waals surface area (Å²) < 4.78 is 27.3. The van der Waals surface area contributed by atoms with Crippen molar-refractivity contribution >= 4 is 16.5 Å². The Morgan fingerprint density at radius 3 is 2.38 bits per heavy atom. The highest BCUT2D eigenvalue weighted by Gasteiger charge is 2.18. The van der Waals surface area contributed by atoms with Crippen LogP contribution in [-0.4, -0.2) is 50.4 Å². The lowest BCUT2D eigenvalue weighted by atomic mass is 10.2. The summed E-state index contributed by atoms with van der Waals surface area (Å²) in [6.45, 7) is 3.54. The van der Waals surface area contributed by atoms with Crippen LogP contribution in [0.25, 0.3) is 0 Å². The zero-order valence-corrected chi connectivity index (χ0v) is 14.3. The van der Waals surface area contributed by atoms with Crippen molar-refractivity contribution in [2.45, 2.75) is 6.61 Å². The molecule has 24 heavy (non-hydrogen) atoms. The molecule has 6 nitrogen and oxygen atoms in total. The van der Waals surface area contributed by atoms with Crippen molar-refractivity contribution in [3.63, 3.8) is 0 Å². The lowest BCUT2D eigenvalue weighted by Gasteiger charge is -2.34. The molecule has 1 saturated heterocycles. The smallest absolute Gasteiger partial charge is 0.153 e. The van der Waals surface area contributed by atoms with Gasteiger partial charge in [-0.15, -0.1) is 0 Å². The number of benzene rings is 1. The largest absolute Gasteiger partial charge is 0.487 e. The Kier molecular flexibility index (Phi) is 5.66. The molecule has 0 unspecified atom stereocenters. The highest BCUT2D eigenvalue weighted by molar-refractivity contribution is 7.72. The molecule has 0 N–H and O–H groups in total. The van der Waals surface area contributed by atoms with Gasteiger partial charge in [-0.05, 0) is 17.7 Å². The van der Waals surface area contributed by atoms with Crippen LogP contribution in [0.4, 0.5) is 5.82 Å². The summed E-state index contributed by atoms with van der Waals surface area (Å²) >= 11 is 0. The van der Waals surface area contributed by atoms with Crippen molar-refractivity contribution in [2.75, 3.05) is 37.0 Å². The predicted octanol–water partition coefficient (Wildman–Crippen LogP) is 1.35. The van der Waals surface area contributed by atoms with E-state index >= 15 is 0 Å². The standard InChI is InChI=1S/C17H21N3O3S/c21-24(22)14-19-8-10-20(11-9-19)17-7-6-16(12-18-17)23-13-15-4-2-1-3-5-15/h1-7,12,24H,8-11,13-14H2. The number of rotatable bonds is 6. The fourth-order valence-corrected chi connectivity index (χ4v) is 3.28. The van der Waals surface area contributed by atoms with E-state index in [0.717, 1.165) is 43.3 Å². The molecule has 2 aromatic rings. The first-order chi connectivity index (χ1) is 11.7. The molecule has 0 spiro atoms. The van der Waals surface area contributed by atoms with Crippen molar-refractivity contribution in [1.29, 1.82) is 0 Å². The van der Waals surface area contributed by atoms with Crippen molar-refractivity contribution < 1.29 is 13.2 Å². The lowest BCUT2D eigenvalue weighted by molar-refractivity contribution is 0.294. The molecular weight excluding hydrogens is 326 g/mol. The molecule has 0 atom stereocenters. The van der Waals surface area contributed by atoms with Gasteiger partial charge in [-0.2, -0.15) is 0 Å². The summed E-state index contributed by atoms with van der Waals surface area (Å²) in [5.74, 6) is 1.78. The van der Waals surface area contributed by atoms with Crippen molar-refractivity contribution in [3.05, 3.63) is 54.2 Å². The van der Waals surface area contributed by atoms with Gasteiger partial charge in [0, 0.05) is 26.2 Å². The van der Waals surface area contributed by atoms with E-state index in [0.29, 0.717) is 6.61 Å². The fourth-order valence-electron chi connectivity index (χ4n) is 2.67. The van der Waals surface area contributed by atoms with Crippen LogP contribution in [0.5, 0.6) is 5.75 Å². The fraction of sp³-hybridized carbons (Fsp3) is 0.353. The van der Waals surface area contributed by atoms with Gasteiger partial charge < -0.3 is 9.64 Å². The minimum atomic E-state index is -2.34. The van der Waals surface area contributed by atoms with Crippen LogP contribution in [0.1, 0.15) is 5.56 Å². The van der Waals surface area contributed by atoms with Gasteiger partial charge in [0.15, 0.2) is 10.7 Å². The van der Waals surface area contributed by atoms with E-state index in [-0.39, 0.29) is 5.88 Å². The maximum Gasteiger partial charge on any atom is 0.153 e. The molecule has 1 aliphatic heterocycles. The van der Waals surface area contributed by atoms with Crippen LogP contribution < -0.4 is 9.64 Å². The minimum Gasteiger partial charge on any atom is -0.487 e. The average molecular weight is 347 g/mol. The first-order valence-electron chi connectivity index (χ1n) is 7.92. The molecule has 0 amide bonds. The van der Waals surface area contributed by atoms with E-state index in [1.165, 1.54) is 0 Å². The first-order valence-corrected chi connectivity index (χ1v) is 9.29. The van der Waals surface area contributed by atoms with Crippen molar-refractivity contribution in [3.8, 4) is 5.75 Å². The molecule has 0 radical (unpaired) electrons. The third-order valence-corrected chi connectivity index (χ3v) is 4.61. The van der Waals surface area contributed by atoms with Gasteiger partial charge in [0.25, 0.3) is 0 Å². The quantitative estimate of drug-likeness (QED) is 0.796. The van der Waals surface area contributed by atoms with Crippen LogP contribution in [0, 0.1) is 0 Å². The summed E-state index contributed by atoms with van der Waals surface area (Å²) in [7, 11) is -2.34. The van der Waals surface area contributed by atoms with Gasteiger partial charge in [0.1, 0.15) is 18.2 Å². The van der Waals surface area contributed by atoms with E-state index in [1.807, 2.05) is 47.4 Å². The second kappa shape index (κ2) is 8.12. The second-order valence-corrected chi connectivity index (χ2v) is 6.65. The Bertz CT molecular complexity index is 704. The Hall–Kier alpha value is -2.12. The Morgan fingerprint density at radius 2 is 1.75 bits per heavy atom. The summed E-state index contributed by atoms with van der Waals surface area (Å²) in [5.41, 5.74) is 1.12. The zero-order valence-electron chi connectivity index (χ0n) is 13.4. The molecule has 128 valence electrons. The third-order valence-electron chi connectivity index (χ3n) is 3.98. The zero-order chi connectivity index (χ0) is 16.8. The molecule has 2 heterocycles. The van der Waals surface area contributed by atoms with Gasteiger partial charge >= 0.3 is 0 Å². The van der Waals surface area contributed by atoms with Crippen LogP contribution >= 0.6 is 0 Å². The highest BCUT2D eigenvalue weighted by atomic mass is 32.2. The topological polar surface area (TPSA) is 62.7 Å². The first kappa shape index (κ1) is 16.7. The van der Waals surface area contributed by atoms with Crippen molar-refractivity contribution in [2.24, 2.45) is 0 Å². The molecular formula is C17H21N3O3S. The van der Waals surface area contributed by atoms with Crippen LogP contribution in [-0.2, 0) is 17.3 Å². The van der Waals surface area contributed by atoms with E-state index in [2.05, 4.69) is 9.88 Å². The summed E-state index contributed by atoms with van der Waals surface area (Å²) in [6.07, 6.45) is 1.74. The predicted molar refractivity (Wildman–Crippen MR) is 94.0 cm³/mol. The molecule has 0 aliphatic carbocycles. The Labute approximate surface area is 143 Å². The molecule has 1 aromatic heterocycles. The summed E-state index contributed by atoms with van der Waals surface area (Å²) in [6, 6.07) is 13.9. The van der Waals surface area contributed by atoms with Crippen LogP contribution in [0.15, 0.2) is 48.7 Å². The number of hydrogen-bond donors (Lipinski definition) is 1. The number of thiol groups is 1. The number of ether oxygens (including phenoxy) is 1. The molecule has 0 bridgehead atoms. The molecule has 1 aromatic carbocycles. The number of piperazine rings is 1. The van der Waals surface area contributed by atoms with Gasteiger partial charge in [0.2, 0.25) is 0 Å². The maximum absolute atomic E-state index is 10.8. The number of aromatic nitrogens is 1. The van der Waals surface area contributed by atoms with Crippen LogP contribution in [0.2, 0.25) is 0 Å². The number of anilines is 1. The molecule has 3 rings (SSSR count). The van der Waals surface area contributed by atoms with Crippen molar-refractivity contribution in [1.82, 2.24) is 9.88 Å². The number of nitrogens with zero attached hydrogens (tertiary/aromatic N) is 3. The monoisotopic (exact) mass is 347 g/mol. The van der Waals surface area contributed by atoms with E-state index in [9.17, 15) is 8.42 Å². The SMILES string of the molecule is O=[SH](=O)CN1CCN(c2ccc(OCc3ccccc3)cn2)CC1. The molecule has 1 fully saturated rings. The highest BCUT2D eigenvalue weighted by Crippen LogP contribution is 2.18. The maximum atomic E-state index is 10.8. The van der Waals surface area contributed by atoms with E-state index in [4.69, 9.17) is 4.74 Å². The number of hydrogen-bond acceptors (Lipinski definition) is 6. The van der Waals surface area contributed by atoms with E-state index < -0.39 is 10.7 Å². The van der Waals surface area contributed by atoms with E-state index in [1.54, 1.807) is 6.20 Å². The van der Waals surface area contributed by atoms with Gasteiger partial charge in [0.05, 0.1) is 12.1 Å². The third kappa shape index (κ3) is 4.69. The minimum absolute atomic E-state index is 0.142. The van der Waals surface area contributed by atoms with Crippen LogP contribution in [0.3, 0.4) is 0 Å². The summed E-state index contributed by atoms with van der Waals surface area (Å²) in [5, 5.41) is 0. The normalized spacial score (nSPS) is 15.6. The number of pyridine rings is 1. The average Bonchev–Trinajstić information content (AvgIpc) is 2.62. The lowest BCUT2D eigenvalue weighted by Crippen LogP contribution is -2.47. The summed E-state index contributed by atoms with van der Waals surface area (Å²) in [4.78, 5) is 8.57. The Morgan fingerprint density at radius 1 is 1.00 bits per heavy atom. The van der Waals surface area contributed by atoms with Gasteiger partial charge in [-0.1, -0.05) is 30.3 Å². The molecule has 1 aliphatic rings.